The minimum absolute atomic E-state index is 0.000000000000000222. The molecular weight excluding hydrogens is 268 g/mol. The van der Waals surface area contributed by atoms with E-state index in [1.165, 1.54) is 0 Å². The van der Waals surface area contributed by atoms with Gasteiger partial charge in [0.05, 0.1) is 0 Å². The predicted molar refractivity (Wildman–Crippen MR) is 5.40 cm³/mol. The van der Waals surface area contributed by atoms with Gasteiger partial charge < -0.3 is 0 Å². The summed E-state index contributed by atoms with van der Waals surface area (Å²) >= 11 is 3.96. The molecule has 0 heterocycles. The number of rotatable bonds is 0. The Bertz CT molecular complexity index is 31.0. The van der Waals surface area contributed by atoms with Gasteiger partial charge in [-0.25, -0.2) is 0 Å². The summed E-state index contributed by atoms with van der Waals surface area (Å²) in [5.74, 6) is 0. The molecular formula is CFeOW. The maximum atomic E-state index is 9.37. The van der Waals surface area contributed by atoms with E-state index in [2.05, 4.69) is 16.0 Å². The molecule has 0 rings (SSSR count). The average molecular weight is 268 g/mol. The molecule has 0 aliphatic rings. The van der Waals surface area contributed by atoms with Crippen LogP contribution in [0.1, 0.15) is 0 Å². The zero-order valence-electron chi connectivity index (χ0n) is 1.67. The molecule has 0 fully saturated rings. The van der Waals surface area contributed by atoms with Gasteiger partial charge in [-0.15, -0.1) is 0 Å². The van der Waals surface area contributed by atoms with Gasteiger partial charge in [0.2, 0.25) is 0 Å². The minimum atomic E-state index is 0.000000000000000222. The Balaban J connectivity index is 2.80. The molecule has 24 valence electrons. The molecule has 0 saturated heterocycles. The summed E-state index contributed by atoms with van der Waals surface area (Å²) in [4.78, 5) is 9.37. The standard InChI is InChI=1S/CO.Fe.W/c1-2;;. The summed E-state index contributed by atoms with van der Waals surface area (Å²) < 4.78 is 0.000000000000000222. The van der Waals surface area contributed by atoms with Crippen LogP contribution in [0.4, 0.5) is 4.79 Å². The third kappa shape index (κ3) is 13.2. The molecule has 0 aromatic rings. The third-order valence-corrected chi connectivity index (χ3v) is 0. The van der Waals surface area contributed by atoms with Crippen molar-refractivity contribution < 1.29 is 40.6 Å². The Morgan fingerprint density at radius 1 is 2.00 bits per heavy atom. The molecule has 1 nitrogen and oxygen atoms in total. The summed E-state index contributed by atoms with van der Waals surface area (Å²) in [5.41, 5.74) is 0. The Morgan fingerprint density at radius 2 is 2.00 bits per heavy atom. The second-order valence-corrected chi connectivity index (χ2v) is 3.42. The van der Waals surface area contributed by atoms with Crippen molar-refractivity contribution in [2.45, 2.75) is 0 Å². The van der Waals surface area contributed by atoms with Gasteiger partial charge in [-0.05, 0) is 0 Å². The van der Waals surface area contributed by atoms with Crippen molar-refractivity contribution in [3.8, 4) is 0 Å². The molecule has 0 saturated carbocycles. The van der Waals surface area contributed by atoms with E-state index in [9.17, 15) is 4.79 Å². The van der Waals surface area contributed by atoms with Crippen molar-refractivity contribution in [3.05, 3.63) is 0 Å². The van der Waals surface area contributed by atoms with Crippen molar-refractivity contribution in [2.24, 2.45) is 0 Å². The van der Waals surface area contributed by atoms with Gasteiger partial charge in [0.25, 0.3) is 0 Å². The Kier molecular flexibility index (Phi) is 2.60. The summed E-state index contributed by atoms with van der Waals surface area (Å²) in [5, 5.41) is 0. The van der Waals surface area contributed by atoms with Gasteiger partial charge in [0.15, 0.2) is 0 Å². The van der Waals surface area contributed by atoms with Crippen LogP contribution in [0.15, 0.2) is 0 Å². The average Bonchev–Trinajstić information content (AvgIpc) is 0.811. The van der Waals surface area contributed by atoms with Crippen LogP contribution >= 0.6 is 0 Å². The van der Waals surface area contributed by atoms with Crippen molar-refractivity contribution in [1.82, 2.24) is 0 Å². The van der Waals surface area contributed by atoms with Crippen LogP contribution in [0, 0.1) is 0 Å². The van der Waals surface area contributed by atoms with Crippen molar-refractivity contribution in [3.63, 3.8) is 0 Å². The van der Waals surface area contributed by atoms with E-state index in [0.29, 0.717) is 0 Å². The summed E-state index contributed by atoms with van der Waals surface area (Å²) in [6, 6.07) is 0. The number of hydrogen-bond acceptors (Lipinski definition) is 1. The van der Waals surface area contributed by atoms with Gasteiger partial charge in [-0.1, -0.05) is 0 Å². The number of hydrogen-bond donors (Lipinski definition) is 0. The van der Waals surface area contributed by atoms with Gasteiger partial charge in [0.1, 0.15) is 0 Å². The molecule has 0 aromatic carbocycles. The van der Waals surface area contributed by atoms with Crippen LogP contribution < -0.4 is 0 Å². The van der Waals surface area contributed by atoms with Gasteiger partial charge >= 0.3 is 43.7 Å². The zero-order chi connectivity index (χ0) is 3.58. The molecule has 4 heavy (non-hydrogen) atoms. The van der Waals surface area contributed by atoms with E-state index in [1.807, 2.05) is 0 Å². The number of carbonyl (C=O) groups is 1. The fraction of sp³-hybridized carbons (Fsp3) is 0. The first-order chi connectivity index (χ1) is 1.73. The SMILES string of the molecule is O=[C]([Fe])[W]. The van der Waals surface area contributed by atoms with Crippen molar-refractivity contribution in [2.75, 3.05) is 0 Å². The molecule has 0 aliphatic heterocycles. The van der Waals surface area contributed by atoms with Crippen molar-refractivity contribution in [1.29, 1.82) is 0 Å². The second kappa shape index (κ2) is 2.14. The first-order valence-corrected chi connectivity index (χ1v) is 2.60. The van der Waals surface area contributed by atoms with Crippen LogP contribution in [0.5, 0.6) is 0 Å². The van der Waals surface area contributed by atoms with Gasteiger partial charge in [-0.3, -0.25) is 0 Å². The first-order valence-electron chi connectivity index (χ1n) is 0.585. The molecule has 0 unspecified atom stereocenters. The first kappa shape index (κ1) is 4.88. The van der Waals surface area contributed by atoms with Crippen LogP contribution in [0.25, 0.3) is 0 Å². The van der Waals surface area contributed by atoms with Crippen LogP contribution in [-0.4, -0.2) is 3.07 Å². The summed E-state index contributed by atoms with van der Waals surface area (Å²) in [6.45, 7) is 0. The Hall–Kier alpha value is 0.878. The normalized spacial score (nSPS) is 6.25. The molecule has 0 N–H and O–H groups in total. The fourth-order valence-electron chi connectivity index (χ4n) is 0. The molecule has 0 bridgehead atoms. The molecule has 0 atom stereocenters. The topological polar surface area (TPSA) is 17.1 Å². The molecule has 3 heteroatoms. The second-order valence-electron chi connectivity index (χ2n) is 0.228. The van der Waals surface area contributed by atoms with E-state index in [-0.39, 0.29) is 3.07 Å². The van der Waals surface area contributed by atoms with Crippen molar-refractivity contribution >= 4 is 3.07 Å². The van der Waals surface area contributed by atoms with E-state index >= 15 is 0 Å². The fourth-order valence-corrected chi connectivity index (χ4v) is 0. The Morgan fingerprint density at radius 3 is 2.00 bits per heavy atom. The maximum absolute atomic E-state index is 9.37. The van der Waals surface area contributed by atoms with Crippen LogP contribution in [0.2, 0.25) is 0 Å². The predicted octanol–water partition coefficient (Wildman–Crippen LogP) is 0.200. The number of carbonyl (C=O) groups excluding carboxylic acids is 1. The molecule has 0 spiro atoms. The summed E-state index contributed by atoms with van der Waals surface area (Å²) in [7, 11) is 0. The third-order valence-electron chi connectivity index (χ3n) is 0. The van der Waals surface area contributed by atoms with E-state index in [4.69, 9.17) is 0 Å². The van der Waals surface area contributed by atoms with Gasteiger partial charge in [-0.2, -0.15) is 0 Å². The van der Waals surface area contributed by atoms with Crippen LogP contribution in [0.3, 0.4) is 0 Å². The monoisotopic (exact) mass is 268 g/mol. The summed E-state index contributed by atoms with van der Waals surface area (Å²) in [6.07, 6.45) is 0. The molecule has 0 amide bonds. The zero-order valence-corrected chi connectivity index (χ0v) is 5.71. The quantitative estimate of drug-likeness (QED) is 0.573. The molecule has 0 aliphatic carbocycles. The van der Waals surface area contributed by atoms with Crippen LogP contribution in [-0.2, 0) is 35.8 Å². The Labute approximate surface area is 43.9 Å². The van der Waals surface area contributed by atoms with E-state index in [1.54, 1.807) is 0 Å². The van der Waals surface area contributed by atoms with Gasteiger partial charge in [0, 0.05) is 0 Å². The van der Waals surface area contributed by atoms with E-state index < -0.39 is 0 Å². The molecule has 0 radical (unpaired) electrons. The van der Waals surface area contributed by atoms with E-state index in [0.717, 1.165) is 19.8 Å². The molecule has 0 aromatic heterocycles.